The van der Waals surface area contributed by atoms with Gasteiger partial charge in [0.05, 0.1) is 6.61 Å². The summed E-state index contributed by atoms with van der Waals surface area (Å²) < 4.78 is 68.4. The van der Waals surface area contributed by atoms with Crippen molar-refractivity contribution in [2.45, 2.75) is 45.4 Å². The van der Waals surface area contributed by atoms with Gasteiger partial charge >= 0.3 is 57.6 Å². The minimum absolute atomic E-state index is 0.152. The molecule has 0 spiro atoms. The normalized spacial score (nSPS) is 13.6. The van der Waals surface area contributed by atoms with E-state index < -0.39 is 19.5 Å². The molecule has 0 aliphatic carbocycles. The van der Waals surface area contributed by atoms with Crippen molar-refractivity contribution in [2.75, 3.05) is 6.61 Å². The topological polar surface area (TPSA) is 9.23 Å². The Bertz CT molecular complexity index is 711. The molecule has 0 unspecified atom stereocenters. The van der Waals surface area contributed by atoms with Crippen LogP contribution in [0.4, 0.5) is 16.9 Å². The average molecular weight is 645 g/mol. The van der Waals surface area contributed by atoms with Crippen molar-refractivity contribution in [1.82, 2.24) is 0 Å². The summed E-state index contributed by atoms with van der Waals surface area (Å²) in [6.07, 6.45) is 7.85. The Labute approximate surface area is 181 Å². The van der Waals surface area contributed by atoms with Crippen molar-refractivity contribution in [1.29, 1.82) is 0 Å². The summed E-state index contributed by atoms with van der Waals surface area (Å²) in [5.41, 5.74) is 0. The summed E-state index contributed by atoms with van der Waals surface area (Å²) in [5.74, 6) is 1.09. The van der Waals surface area contributed by atoms with E-state index in [1.165, 1.54) is 45.7 Å². The summed E-state index contributed by atoms with van der Waals surface area (Å²) in [6.45, 7) is 3.11. The Kier molecular flexibility index (Phi) is 10.1. The number of halogens is 7. The average Bonchev–Trinajstić information content (AvgIpc) is 2.60. The molecule has 166 valence electrons. The van der Waals surface area contributed by atoms with Crippen molar-refractivity contribution < 1.29 is 42.8 Å². The summed E-state index contributed by atoms with van der Waals surface area (Å²) in [7, 11) is 0. The van der Waals surface area contributed by atoms with E-state index in [-0.39, 0.29) is 21.2 Å². The summed E-state index contributed by atoms with van der Waals surface area (Å²) in [4.78, 5) is 0. The molecule has 0 saturated carbocycles. The van der Waals surface area contributed by atoms with Crippen LogP contribution in [-0.4, -0.2) is 26.1 Å². The zero-order valence-corrected chi connectivity index (χ0v) is 20.9. The molecule has 0 radical (unpaired) electrons. The molecule has 0 fully saturated rings. The molecular weight excluding hydrogens is 619 g/mol. The first-order chi connectivity index (χ1) is 13.3. The van der Waals surface area contributed by atoms with Gasteiger partial charge in [0.1, 0.15) is 0 Å². The molecule has 0 atom stereocenters. The number of hydrogen-bond donors (Lipinski definition) is 0. The van der Waals surface area contributed by atoms with E-state index in [0.717, 1.165) is 12.4 Å². The van der Waals surface area contributed by atoms with Crippen LogP contribution in [0, 0.1) is 7.14 Å². The Balaban J connectivity index is 0.000000516. The molecule has 0 aliphatic heterocycles. The van der Waals surface area contributed by atoms with Gasteiger partial charge in [0, 0.05) is 0 Å². The van der Waals surface area contributed by atoms with E-state index in [2.05, 4.69) is 61.5 Å². The fourth-order valence-corrected chi connectivity index (χ4v) is 4.73. The van der Waals surface area contributed by atoms with E-state index in [4.69, 9.17) is 4.74 Å². The van der Waals surface area contributed by atoms with Crippen molar-refractivity contribution >= 4 is 19.5 Å². The molecule has 1 nitrogen and oxygen atoms in total. The van der Waals surface area contributed by atoms with Gasteiger partial charge in [0.2, 0.25) is 3.57 Å². The van der Waals surface area contributed by atoms with Crippen LogP contribution in [0.1, 0.15) is 45.4 Å². The predicted molar refractivity (Wildman–Crippen MR) is 102 cm³/mol. The van der Waals surface area contributed by atoms with Gasteiger partial charge in [-0.1, -0.05) is 69.4 Å². The maximum atomic E-state index is 9.93. The fourth-order valence-electron chi connectivity index (χ4n) is 2.30. The van der Waals surface area contributed by atoms with Crippen molar-refractivity contribution in [3.63, 3.8) is 0 Å². The number of ether oxygens (including phenoxy) is 1. The third kappa shape index (κ3) is 17.9. The first kappa shape index (κ1) is 26.4. The van der Waals surface area contributed by atoms with Crippen molar-refractivity contribution in [3.8, 4) is 5.75 Å². The molecule has 0 heterocycles. The van der Waals surface area contributed by atoms with Crippen LogP contribution in [0.3, 0.4) is 0 Å². The molecule has 29 heavy (non-hydrogen) atoms. The van der Waals surface area contributed by atoms with Crippen molar-refractivity contribution in [2.24, 2.45) is 0 Å². The van der Waals surface area contributed by atoms with E-state index in [1.807, 2.05) is 0 Å². The molecule has 2 aromatic rings. The second kappa shape index (κ2) is 11.1. The number of unbranched alkanes of at least 4 members (excludes halogenated alkanes) is 5. The van der Waals surface area contributed by atoms with E-state index >= 15 is 0 Å². The quantitative estimate of drug-likeness (QED) is 0.158. The molecule has 2 aromatic carbocycles. The summed E-state index contributed by atoms with van der Waals surface area (Å²) >= 11 is -11.4. The third-order valence-electron chi connectivity index (χ3n) is 3.54. The Hall–Kier alpha value is -0.632. The van der Waals surface area contributed by atoms with Gasteiger partial charge in [-0.25, -0.2) is 0 Å². The fraction of sp³-hybridized carbons (Fsp3) is 0.400. The molecule has 9 heteroatoms. The Morgan fingerprint density at radius 3 is 1.86 bits per heavy atom. The Morgan fingerprint density at radius 2 is 1.24 bits per heavy atom. The molecule has 2 rings (SSSR count). The maximum absolute atomic E-state index is 11.2. The van der Waals surface area contributed by atoms with Gasteiger partial charge in [-0.3, -0.25) is 0 Å². The van der Waals surface area contributed by atoms with Gasteiger partial charge < -0.3 is 4.74 Å². The monoisotopic (exact) mass is 644 g/mol. The SMILES string of the molecule is CCCCCCCCOc1ccccc1[I+]c1ccccc1.[F][Sb-]([F])([F])([F])([F])[F]. The third-order valence-corrected chi connectivity index (χ3v) is 6.35. The summed E-state index contributed by atoms with van der Waals surface area (Å²) in [6, 6.07) is 19.3. The van der Waals surface area contributed by atoms with Crippen LogP contribution in [0.25, 0.3) is 0 Å². The zero-order chi connectivity index (χ0) is 21.9. The van der Waals surface area contributed by atoms with Crippen LogP contribution in [-0.2, 0) is 0 Å². The molecule has 0 amide bonds. The number of benzene rings is 2. The van der Waals surface area contributed by atoms with Crippen LogP contribution in [0.15, 0.2) is 54.6 Å². The molecular formula is C20H26F6IOSb. The first-order valence-corrected chi connectivity index (χ1v) is 17.3. The van der Waals surface area contributed by atoms with E-state index in [9.17, 15) is 16.9 Å². The van der Waals surface area contributed by atoms with Gasteiger partial charge in [-0.05, 0) is 30.7 Å². The standard InChI is InChI=1S/C20H26IO.6FH.Sb/c1-2-3-4-5-6-12-17-22-20-16-11-10-15-19(20)21-18-13-8-7-9-14-18;;;;;;;/h7-11,13-16H,2-6,12,17H2,1H3;6*1H;/q+1;;;;;;;+5/p-6. The van der Waals surface area contributed by atoms with E-state index in [0.29, 0.717) is 0 Å². The van der Waals surface area contributed by atoms with Crippen molar-refractivity contribution in [3.05, 3.63) is 61.7 Å². The molecule has 0 aromatic heterocycles. The molecule has 0 saturated heterocycles. The number of hydrogen-bond acceptors (Lipinski definition) is 1. The van der Waals surface area contributed by atoms with Gasteiger partial charge in [0.15, 0.2) is 9.32 Å². The molecule has 0 aliphatic rings. The predicted octanol–water partition coefficient (Wildman–Crippen LogP) is 4.69. The zero-order valence-electron chi connectivity index (χ0n) is 16.1. The Morgan fingerprint density at radius 1 is 0.724 bits per heavy atom. The van der Waals surface area contributed by atoms with Gasteiger partial charge in [-0.15, -0.1) is 0 Å². The first-order valence-electron chi connectivity index (χ1n) is 9.33. The van der Waals surface area contributed by atoms with Crippen LogP contribution in [0.2, 0.25) is 0 Å². The van der Waals surface area contributed by atoms with Gasteiger partial charge in [0.25, 0.3) is 0 Å². The van der Waals surface area contributed by atoms with E-state index in [1.54, 1.807) is 0 Å². The number of para-hydroxylation sites is 1. The van der Waals surface area contributed by atoms with Crippen LogP contribution >= 0.6 is 0 Å². The molecule has 0 N–H and O–H groups in total. The second-order valence-corrected chi connectivity index (χ2v) is 14.8. The number of rotatable bonds is 10. The molecule has 0 bridgehead atoms. The van der Waals surface area contributed by atoms with Gasteiger partial charge in [-0.2, -0.15) is 0 Å². The summed E-state index contributed by atoms with van der Waals surface area (Å²) in [5, 5.41) is 0. The second-order valence-electron chi connectivity index (χ2n) is 6.40. The van der Waals surface area contributed by atoms with Crippen LogP contribution in [0.5, 0.6) is 5.75 Å². The van der Waals surface area contributed by atoms with Crippen LogP contribution < -0.4 is 25.9 Å². The minimum atomic E-state index is -11.2.